The van der Waals surface area contributed by atoms with Crippen LogP contribution < -0.4 is 5.73 Å². The number of para-hydroxylation sites is 1. The Bertz CT molecular complexity index is 452. The van der Waals surface area contributed by atoms with E-state index in [2.05, 4.69) is 4.99 Å². The smallest absolute Gasteiger partial charge is 0.131 e. The van der Waals surface area contributed by atoms with Crippen LogP contribution in [-0.2, 0) is 17.1 Å². The molecule has 0 atom stereocenters. The number of benzene rings is 2. The number of amidine groups is 1. The molecule has 1 radical (unpaired) electrons. The first-order valence-electron chi connectivity index (χ1n) is 4.81. The van der Waals surface area contributed by atoms with Crippen LogP contribution in [0.25, 0.3) is 0 Å². The summed E-state index contributed by atoms with van der Waals surface area (Å²) in [6.07, 6.45) is 0. The number of nitrogens with zero attached hydrogens (tertiary/aromatic N) is 1. The monoisotopic (exact) mass is 259 g/mol. The topological polar surface area (TPSA) is 38.4 Å². The molecule has 0 saturated carbocycles. The Morgan fingerprint density at radius 2 is 1.31 bits per heavy atom. The fourth-order valence-electron chi connectivity index (χ4n) is 1.32. The molecule has 3 heteroatoms. The molecule has 2 rings (SSSR count). The van der Waals surface area contributed by atoms with Gasteiger partial charge in [0.1, 0.15) is 5.84 Å². The van der Waals surface area contributed by atoms with Crippen molar-refractivity contribution in [3.05, 3.63) is 66.2 Å². The molecular formula is C13H12CuN2. The van der Waals surface area contributed by atoms with E-state index in [1.807, 2.05) is 60.7 Å². The van der Waals surface area contributed by atoms with Gasteiger partial charge in [-0.1, -0.05) is 48.5 Å². The molecule has 0 fully saturated rings. The third kappa shape index (κ3) is 3.23. The standard InChI is InChI=1S/C13H12N2.Cu/c14-13(11-7-3-1-4-8-11)15-12-9-5-2-6-10-12;/h1-10H,(H2,14,15);. The molecule has 2 nitrogen and oxygen atoms in total. The molecule has 16 heavy (non-hydrogen) atoms. The number of aliphatic imine (C=N–C) groups is 1. The van der Waals surface area contributed by atoms with Gasteiger partial charge in [0, 0.05) is 22.6 Å². The summed E-state index contributed by atoms with van der Waals surface area (Å²) in [5.41, 5.74) is 7.70. The van der Waals surface area contributed by atoms with E-state index in [4.69, 9.17) is 5.73 Å². The van der Waals surface area contributed by atoms with Gasteiger partial charge in [-0.3, -0.25) is 0 Å². The van der Waals surface area contributed by atoms with E-state index in [9.17, 15) is 0 Å². The van der Waals surface area contributed by atoms with E-state index in [-0.39, 0.29) is 17.1 Å². The molecular weight excluding hydrogens is 248 g/mol. The zero-order valence-corrected chi connectivity index (χ0v) is 9.54. The van der Waals surface area contributed by atoms with Crippen LogP contribution in [0.5, 0.6) is 0 Å². The van der Waals surface area contributed by atoms with Crippen molar-refractivity contribution in [1.82, 2.24) is 0 Å². The summed E-state index contributed by atoms with van der Waals surface area (Å²) < 4.78 is 0. The van der Waals surface area contributed by atoms with Crippen LogP contribution in [0.4, 0.5) is 5.69 Å². The van der Waals surface area contributed by atoms with E-state index in [0.717, 1.165) is 11.3 Å². The Morgan fingerprint density at radius 1 is 0.812 bits per heavy atom. The minimum atomic E-state index is 0. The molecule has 0 amide bonds. The second-order valence-corrected chi connectivity index (χ2v) is 3.20. The van der Waals surface area contributed by atoms with Gasteiger partial charge in [-0.15, -0.1) is 0 Å². The minimum absolute atomic E-state index is 0. The van der Waals surface area contributed by atoms with Gasteiger partial charge in [0.25, 0.3) is 0 Å². The average molecular weight is 260 g/mol. The van der Waals surface area contributed by atoms with E-state index < -0.39 is 0 Å². The third-order valence-electron chi connectivity index (χ3n) is 2.08. The minimum Gasteiger partial charge on any atom is -0.383 e. The molecule has 0 heterocycles. The molecule has 0 aromatic heterocycles. The Balaban J connectivity index is 0.00000128. The summed E-state index contributed by atoms with van der Waals surface area (Å²) >= 11 is 0. The van der Waals surface area contributed by atoms with E-state index in [1.165, 1.54) is 0 Å². The van der Waals surface area contributed by atoms with Gasteiger partial charge >= 0.3 is 0 Å². The van der Waals surface area contributed by atoms with Crippen molar-refractivity contribution in [1.29, 1.82) is 0 Å². The first-order valence-corrected chi connectivity index (χ1v) is 4.81. The second kappa shape index (κ2) is 6.11. The third-order valence-corrected chi connectivity index (χ3v) is 2.08. The fraction of sp³-hybridized carbons (Fsp3) is 0. The van der Waals surface area contributed by atoms with Crippen molar-refractivity contribution in [2.24, 2.45) is 10.7 Å². The van der Waals surface area contributed by atoms with Crippen molar-refractivity contribution in [2.45, 2.75) is 0 Å². The molecule has 2 aromatic rings. The van der Waals surface area contributed by atoms with Gasteiger partial charge in [-0.05, 0) is 12.1 Å². The van der Waals surface area contributed by atoms with Crippen molar-refractivity contribution in [3.63, 3.8) is 0 Å². The Hall–Kier alpha value is -1.57. The van der Waals surface area contributed by atoms with Crippen molar-refractivity contribution >= 4 is 11.5 Å². The van der Waals surface area contributed by atoms with Crippen LogP contribution in [0, 0.1) is 0 Å². The predicted octanol–water partition coefficient (Wildman–Crippen LogP) is 2.72. The van der Waals surface area contributed by atoms with Gasteiger partial charge in [-0.25, -0.2) is 4.99 Å². The predicted molar refractivity (Wildman–Crippen MR) is 63.3 cm³/mol. The Morgan fingerprint density at radius 3 is 1.88 bits per heavy atom. The van der Waals surface area contributed by atoms with Gasteiger partial charge in [0.2, 0.25) is 0 Å². The fourth-order valence-corrected chi connectivity index (χ4v) is 1.32. The summed E-state index contributed by atoms with van der Waals surface area (Å²) in [5.74, 6) is 0.543. The molecule has 0 aliphatic carbocycles. The summed E-state index contributed by atoms with van der Waals surface area (Å²) in [4.78, 5) is 4.32. The molecule has 0 aliphatic rings. The number of hydrogen-bond donors (Lipinski definition) is 1. The summed E-state index contributed by atoms with van der Waals surface area (Å²) in [7, 11) is 0. The largest absolute Gasteiger partial charge is 0.383 e. The van der Waals surface area contributed by atoms with E-state index in [1.54, 1.807) is 0 Å². The first-order chi connectivity index (χ1) is 7.36. The van der Waals surface area contributed by atoms with Crippen LogP contribution in [0.1, 0.15) is 5.56 Å². The Kier molecular flexibility index (Phi) is 4.77. The summed E-state index contributed by atoms with van der Waals surface area (Å²) in [5, 5.41) is 0. The molecule has 0 aliphatic heterocycles. The maximum Gasteiger partial charge on any atom is 0.131 e. The normalized spacial score (nSPS) is 10.6. The number of rotatable bonds is 2. The SMILES string of the molecule is NC(=Nc1ccccc1)c1ccccc1.[Cu]. The van der Waals surface area contributed by atoms with Crippen LogP contribution in [0.2, 0.25) is 0 Å². The molecule has 85 valence electrons. The molecule has 2 aromatic carbocycles. The second-order valence-electron chi connectivity index (χ2n) is 3.20. The van der Waals surface area contributed by atoms with E-state index >= 15 is 0 Å². The summed E-state index contributed by atoms with van der Waals surface area (Å²) in [6, 6.07) is 19.4. The van der Waals surface area contributed by atoms with Crippen LogP contribution in [0.3, 0.4) is 0 Å². The van der Waals surface area contributed by atoms with Crippen molar-refractivity contribution < 1.29 is 17.1 Å². The van der Waals surface area contributed by atoms with E-state index in [0.29, 0.717) is 5.84 Å². The quantitative estimate of drug-likeness (QED) is 0.503. The zero-order valence-electron chi connectivity index (χ0n) is 8.60. The van der Waals surface area contributed by atoms with Gasteiger partial charge in [-0.2, -0.15) is 0 Å². The number of nitrogens with two attached hydrogens (primary N) is 1. The van der Waals surface area contributed by atoms with Crippen molar-refractivity contribution in [2.75, 3.05) is 0 Å². The zero-order chi connectivity index (χ0) is 10.5. The maximum absolute atomic E-state index is 5.88. The molecule has 0 unspecified atom stereocenters. The Labute approximate surface area is 106 Å². The molecule has 0 saturated heterocycles. The van der Waals surface area contributed by atoms with Crippen LogP contribution >= 0.6 is 0 Å². The number of hydrogen-bond acceptors (Lipinski definition) is 1. The summed E-state index contributed by atoms with van der Waals surface area (Å²) in [6.45, 7) is 0. The molecule has 2 N–H and O–H groups in total. The van der Waals surface area contributed by atoms with Gasteiger partial charge < -0.3 is 5.73 Å². The van der Waals surface area contributed by atoms with Gasteiger partial charge in [0.15, 0.2) is 0 Å². The van der Waals surface area contributed by atoms with Crippen LogP contribution in [-0.4, -0.2) is 5.84 Å². The molecule has 0 spiro atoms. The average Bonchev–Trinajstić information content (AvgIpc) is 2.31. The van der Waals surface area contributed by atoms with Crippen molar-refractivity contribution in [3.8, 4) is 0 Å². The first kappa shape index (κ1) is 12.5. The molecule has 0 bridgehead atoms. The maximum atomic E-state index is 5.88. The van der Waals surface area contributed by atoms with Gasteiger partial charge in [0.05, 0.1) is 5.69 Å². The van der Waals surface area contributed by atoms with Crippen LogP contribution in [0.15, 0.2) is 65.7 Å².